The fourth-order valence-corrected chi connectivity index (χ4v) is 3.72. The second kappa shape index (κ2) is 5.90. The van der Waals surface area contributed by atoms with Gasteiger partial charge in [0, 0.05) is 32.2 Å². The molecule has 0 amide bonds. The largest absolute Gasteiger partial charge is 0.384 e. The summed E-state index contributed by atoms with van der Waals surface area (Å²) in [4.78, 5) is 0. The molecule has 6 nitrogen and oxygen atoms in total. The highest BCUT2D eigenvalue weighted by Gasteiger charge is 2.29. The lowest BCUT2D eigenvalue weighted by Crippen LogP contribution is -2.39. The van der Waals surface area contributed by atoms with Crippen molar-refractivity contribution in [3.63, 3.8) is 0 Å². The summed E-state index contributed by atoms with van der Waals surface area (Å²) < 4.78 is 27.5. The summed E-state index contributed by atoms with van der Waals surface area (Å²) in [6.45, 7) is 1.47. The molecule has 3 N–H and O–H groups in total. The van der Waals surface area contributed by atoms with Gasteiger partial charge in [-0.25, -0.2) is 0 Å². The molecule has 1 fully saturated rings. The Balaban J connectivity index is 2.13. The zero-order valence-corrected chi connectivity index (χ0v) is 12.4. The minimum atomic E-state index is -3.39. The molecule has 1 aliphatic rings. The molecule has 0 spiro atoms. The van der Waals surface area contributed by atoms with Crippen molar-refractivity contribution >= 4 is 16.0 Å². The summed E-state index contributed by atoms with van der Waals surface area (Å²) >= 11 is 0. The molecule has 7 heteroatoms. The Labute approximate surface area is 119 Å². The van der Waals surface area contributed by atoms with Gasteiger partial charge < -0.3 is 5.73 Å². The molecule has 1 saturated heterocycles. The van der Waals surface area contributed by atoms with Crippen LogP contribution in [0.2, 0.25) is 0 Å². The number of nitrogens with one attached hydrogen (secondary N) is 1. The topological polar surface area (TPSA) is 90.5 Å². The number of hydrogen-bond acceptors (Lipinski definition) is 3. The highest BCUT2D eigenvalue weighted by Crippen LogP contribution is 2.17. The van der Waals surface area contributed by atoms with Gasteiger partial charge in [-0.05, 0) is 24.5 Å². The molecule has 0 aliphatic carbocycles. The van der Waals surface area contributed by atoms with E-state index in [-0.39, 0.29) is 12.4 Å². The maximum atomic E-state index is 12.3. The van der Waals surface area contributed by atoms with Crippen molar-refractivity contribution in [2.75, 3.05) is 20.1 Å². The van der Waals surface area contributed by atoms with Gasteiger partial charge in [0.25, 0.3) is 10.2 Å². The van der Waals surface area contributed by atoms with Crippen LogP contribution in [0.3, 0.4) is 0 Å². The van der Waals surface area contributed by atoms with Crippen LogP contribution in [0.5, 0.6) is 0 Å². The zero-order valence-electron chi connectivity index (χ0n) is 11.5. The standard InChI is InChI=1S/C13H20N4O2S/c1-16(20(18,19)17-7-2-3-8-17)10-11-5-4-6-12(9-11)13(14)15/h4-6,9H,2-3,7-8,10H2,1H3,(H3,14,15). The first-order valence-corrected chi connectivity index (χ1v) is 7.95. The predicted molar refractivity (Wildman–Crippen MR) is 78.7 cm³/mol. The number of hydrogen-bond donors (Lipinski definition) is 2. The first-order valence-electron chi connectivity index (χ1n) is 6.56. The Kier molecular flexibility index (Phi) is 4.42. The molecular formula is C13H20N4O2S. The zero-order chi connectivity index (χ0) is 14.8. The number of nitrogens with two attached hydrogens (primary N) is 1. The monoisotopic (exact) mass is 296 g/mol. The van der Waals surface area contributed by atoms with Crippen molar-refractivity contribution in [2.45, 2.75) is 19.4 Å². The third kappa shape index (κ3) is 3.17. The summed E-state index contributed by atoms with van der Waals surface area (Å²) in [7, 11) is -1.81. The summed E-state index contributed by atoms with van der Waals surface area (Å²) in [6, 6.07) is 7.10. The van der Waals surface area contributed by atoms with Gasteiger partial charge in [-0.2, -0.15) is 17.0 Å². The third-order valence-electron chi connectivity index (χ3n) is 3.43. The summed E-state index contributed by atoms with van der Waals surface area (Å²) in [5.41, 5.74) is 6.87. The van der Waals surface area contributed by atoms with Crippen LogP contribution in [-0.2, 0) is 16.8 Å². The fourth-order valence-electron chi connectivity index (χ4n) is 2.29. The lowest BCUT2D eigenvalue weighted by atomic mass is 10.1. The van der Waals surface area contributed by atoms with Crippen LogP contribution in [0.4, 0.5) is 0 Å². The summed E-state index contributed by atoms with van der Waals surface area (Å²) in [5.74, 6) is -0.0168. The van der Waals surface area contributed by atoms with Crippen molar-refractivity contribution < 1.29 is 8.42 Å². The molecule has 0 unspecified atom stereocenters. The molecule has 0 radical (unpaired) electrons. The van der Waals surface area contributed by atoms with Gasteiger partial charge in [0.15, 0.2) is 0 Å². The van der Waals surface area contributed by atoms with E-state index in [0.717, 1.165) is 18.4 Å². The van der Waals surface area contributed by atoms with Crippen LogP contribution >= 0.6 is 0 Å². The van der Waals surface area contributed by atoms with Crippen LogP contribution in [0.25, 0.3) is 0 Å². The number of nitrogen functional groups attached to an aromatic ring is 1. The quantitative estimate of drug-likeness (QED) is 0.620. The van der Waals surface area contributed by atoms with E-state index in [1.165, 1.54) is 8.61 Å². The van der Waals surface area contributed by atoms with Gasteiger partial charge in [-0.15, -0.1) is 0 Å². The Bertz CT molecular complexity index is 594. The molecule has 1 aromatic carbocycles. The highest BCUT2D eigenvalue weighted by atomic mass is 32.2. The Morgan fingerprint density at radius 3 is 2.65 bits per heavy atom. The van der Waals surface area contributed by atoms with Crippen LogP contribution < -0.4 is 5.73 Å². The smallest absolute Gasteiger partial charge is 0.282 e. The molecule has 2 rings (SSSR count). The lowest BCUT2D eigenvalue weighted by molar-refractivity contribution is 0.392. The molecule has 110 valence electrons. The van der Waals surface area contributed by atoms with E-state index < -0.39 is 10.2 Å². The van der Waals surface area contributed by atoms with E-state index in [2.05, 4.69) is 0 Å². The summed E-state index contributed by atoms with van der Waals surface area (Å²) in [5, 5.41) is 7.41. The number of nitrogens with zero attached hydrogens (tertiary/aromatic N) is 2. The van der Waals surface area contributed by atoms with Crippen molar-refractivity contribution in [3.05, 3.63) is 35.4 Å². The van der Waals surface area contributed by atoms with E-state index in [1.54, 1.807) is 25.2 Å². The average molecular weight is 296 g/mol. The minimum Gasteiger partial charge on any atom is -0.384 e. The van der Waals surface area contributed by atoms with E-state index in [9.17, 15) is 8.42 Å². The Morgan fingerprint density at radius 1 is 1.40 bits per heavy atom. The van der Waals surface area contributed by atoms with E-state index in [1.807, 2.05) is 6.07 Å². The number of benzene rings is 1. The van der Waals surface area contributed by atoms with Gasteiger partial charge in [0.1, 0.15) is 5.84 Å². The summed E-state index contributed by atoms with van der Waals surface area (Å²) in [6.07, 6.45) is 1.85. The first kappa shape index (κ1) is 15.0. The Hall–Kier alpha value is -1.44. The van der Waals surface area contributed by atoms with Gasteiger partial charge in [-0.1, -0.05) is 18.2 Å². The van der Waals surface area contributed by atoms with Crippen LogP contribution in [0.1, 0.15) is 24.0 Å². The second-order valence-electron chi connectivity index (χ2n) is 4.98. The minimum absolute atomic E-state index is 0.0168. The van der Waals surface area contributed by atoms with Crippen molar-refractivity contribution in [2.24, 2.45) is 5.73 Å². The van der Waals surface area contributed by atoms with E-state index in [4.69, 9.17) is 11.1 Å². The highest BCUT2D eigenvalue weighted by molar-refractivity contribution is 7.86. The van der Waals surface area contributed by atoms with Gasteiger partial charge in [0.05, 0.1) is 0 Å². The number of rotatable bonds is 5. The van der Waals surface area contributed by atoms with E-state index in [0.29, 0.717) is 18.7 Å². The van der Waals surface area contributed by atoms with Gasteiger partial charge in [-0.3, -0.25) is 5.41 Å². The predicted octanol–water partition coefficient (Wildman–Crippen LogP) is 0.743. The molecular weight excluding hydrogens is 276 g/mol. The SMILES string of the molecule is CN(Cc1cccc(C(=N)N)c1)S(=O)(=O)N1CCCC1. The van der Waals surface area contributed by atoms with Crippen molar-refractivity contribution in [1.29, 1.82) is 5.41 Å². The maximum Gasteiger partial charge on any atom is 0.282 e. The van der Waals surface area contributed by atoms with Gasteiger partial charge in [0.2, 0.25) is 0 Å². The molecule has 1 aromatic rings. The molecule has 20 heavy (non-hydrogen) atoms. The molecule has 1 heterocycles. The van der Waals surface area contributed by atoms with Crippen LogP contribution in [0.15, 0.2) is 24.3 Å². The normalized spacial score (nSPS) is 16.7. The molecule has 0 aromatic heterocycles. The van der Waals surface area contributed by atoms with Crippen molar-refractivity contribution in [1.82, 2.24) is 8.61 Å². The maximum absolute atomic E-state index is 12.3. The second-order valence-corrected chi connectivity index (χ2v) is 7.02. The molecule has 0 atom stereocenters. The fraction of sp³-hybridized carbons (Fsp3) is 0.462. The first-order chi connectivity index (χ1) is 9.41. The number of amidine groups is 1. The third-order valence-corrected chi connectivity index (χ3v) is 5.36. The molecule has 0 saturated carbocycles. The lowest BCUT2D eigenvalue weighted by Gasteiger charge is -2.23. The van der Waals surface area contributed by atoms with Crippen LogP contribution in [-0.4, -0.2) is 43.0 Å². The molecule has 0 bridgehead atoms. The van der Waals surface area contributed by atoms with Crippen molar-refractivity contribution in [3.8, 4) is 0 Å². The van der Waals surface area contributed by atoms with Gasteiger partial charge >= 0.3 is 0 Å². The average Bonchev–Trinajstić information content (AvgIpc) is 2.93. The molecule has 1 aliphatic heterocycles. The Morgan fingerprint density at radius 2 is 2.05 bits per heavy atom. The van der Waals surface area contributed by atoms with E-state index >= 15 is 0 Å². The van der Waals surface area contributed by atoms with Crippen LogP contribution in [0, 0.1) is 5.41 Å².